The van der Waals surface area contributed by atoms with Crippen LogP contribution in [0.25, 0.3) is 0 Å². The number of rotatable bonds is 10. The zero-order chi connectivity index (χ0) is 17.7. The van der Waals surface area contributed by atoms with Crippen molar-refractivity contribution in [1.82, 2.24) is 10.6 Å². The van der Waals surface area contributed by atoms with Crippen LogP contribution in [0, 0.1) is 0 Å². The summed E-state index contributed by atoms with van der Waals surface area (Å²) in [4.78, 5) is 0. The smallest absolute Gasteiger partial charge is 0.102 e. The van der Waals surface area contributed by atoms with Crippen LogP contribution in [0.5, 0.6) is 0 Å². The molecular formula is C14H33N3O5. The average molecular weight is 323 g/mol. The van der Waals surface area contributed by atoms with E-state index in [4.69, 9.17) is 5.73 Å². The third-order valence-electron chi connectivity index (χ3n) is 4.40. The van der Waals surface area contributed by atoms with E-state index in [2.05, 4.69) is 10.6 Å². The van der Waals surface area contributed by atoms with Crippen LogP contribution in [0.1, 0.15) is 34.6 Å². The SMILES string of the molecule is CC(O)NCCNC(C(C)O)(C(C)O)C(N)(C(C)O)C(C)O. The molecule has 5 atom stereocenters. The van der Waals surface area contributed by atoms with Gasteiger partial charge in [-0.2, -0.15) is 0 Å². The second kappa shape index (κ2) is 8.51. The first-order valence-electron chi connectivity index (χ1n) is 7.62. The highest BCUT2D eigenvalue weighted by molar-refractivity contribution is 5.19. The molecule has 8 heteroatoms. The lowest BCUT2D eigenvalue weighted by Gasteiger charge is -2.55. The third-order valence-corrected chi connectivity index (χ3v) is 4.40. The molecule has 0 aromatic carbocycles. The highest BCUT2D eigenvalue weighted by Crippen LogP contribution is 2.34. The second-order valence-corrected chi connectivity index (χ2v) is 6.06. The van der Waals surface area contributed by atoms with Gasteiger partial charge in [-0.3, -0.25) is 5.32 Å². The number of aliphatic hydroxyl groups excluding tert-OH is 5. The Kier molecular flexibility index (Phi) is 8.39. The van der Waals surface area contributed by atoms with Crippen molar-refractivity contribution in [3.63, 3.8) is 0 Å². The van der Waals surface area contributed by atoms with E-state index in [0.717, 1.165) is 0 Å². The topological polar surface area (TPSA) is 151 Å². The van der Waals surface area contributed by atoms with Crippen LogP contribution < -0.4 is 16.4 Å². The van der Waals surface area contributed by atoms with Crippen LogP contribution >= 0.6 is 0 Å². The molecule has 0 saturated carbocycles. The van der Waals surface area contributed by atoms with Gasteiger partial charge in [0.25, 0.3) is 0 Å². The zero-order valence-corrected chi connectivity index (χ0v) is 14.1. The number of aliphatic hydroxyl groups is 5. The minimum Gasteiger partial charge on any atom is -0.391 e. The first-order chi connectivity index (χ1) is 9.94. The van der Waals surface area contributed by atoms with Gasteiger partial charge in [0.2, 0.25) is 0 Å². The van der Waals surface area contributed by atoms with Gasteiger partial charge in [-0.15, -0.1) is 0 Å². The average Bonchev–Trinajstić information content (AvgIpc) is 2.36. The second-order valence-electron chi connectivity index (χ2n) is 6.06. The lowest BCUT2D eigenvalue weighted by molar-refractivity contribution is -0.132. The number of hydrogen-bond acceptors (Lipinski definition) is 8. The summed E-state index contributed by atoms with van der Waals surface area (Å²) in [7, 11) is 0. The molecule has 0 aliphatic heterocycles. The van der Waals surface area contributed by atoms with Crippen molar-refractivity contribution < 1.29 is 25.5 Å². The van der Waals surface area contributed by atoms with Crippen molar-refractivity contribution in [3.8, 4) is 0 Å². The van der Waals surface area contributed by atoms with E-state index < -0.39 is 41.7 Å². The number of nitrogens with one attached hydrogen (secondary N) is 2. The lowest BCUT2D eigenvalue weighted by Crippen LogP contribution is -2.83. The fraction of sp³-hybridized carbons (Fsp3) is 1.00. The summed E-state index contributed by atoms with van der Waals surface area (Å²) in [5.74, 6) is 0. The standard InChI is InChI=1S/C14H33N3O5/c1-8(18)13(15,9(2)19)14(10(3)20,11(4)21)17-7-6-16-12(5)22/h8-12,16-22H,6-7,15H2,1-5H3. The van der Waals surface area contributed by atoms with Gasteiger partial charge in [0.15, 0.2) is 0 Å². The van der Waals surface area contributed by atoms with E-state index in [1.807, 2.05) is 0 Å². The van der Waals surface area contributed by atoms with Crippen LogP contribution in [-0.2, 0) is 0 Å². The van der Waals surface area contributed by atoms with Crippen LogP contribution in [0.4, 0.5) is 0 Å². The van der Waals surface area contributed by atoms with Crippen LogP contribution in [0.2, 0.25) is 0 Å². The third kappa shape index (κ3) is 4.15. The van der Waals surface area contributed by atoms with Gasteiger partial charge < -0.3 is 36.6 Å². The van der Waals surface area contributed by atoms with E-state index in [1.54, 1.807) is 6.92 Å². The van der Waals surface area contributed by atoms with Gasteiger partial charge in [0.1, 0.15) is 6.23 Å². The van der Waals surface area contributed by atoms with Crippen molar-refractivity contribution in [2.75, 3.05) is 13.1 Å². The van der Waals surface area contributed by atoms with E-state index in [9.17, 15) is 25.5 Å². The molecule has 134 valence electrons. The molecule has 0 saturated heterocycles. The molecule has 0 spiro atoms. The molecule has 0 aromatic heterocycles. The molecule has 9 N–H and O–H groups in total. The first kappa shape index (κ1) is 21.7. The maximum Gasteiger partial charge on any atom is 0.102 e. The van der Waals surface area contributed by atoms with Gasteiger partial charge in [0, 0.05) is 13.1 Å². The lowest BCUT2D eigenvalue weighted by atomic mass is 9.65. The normalized spacial score (nSPS) is 24.7. The Labute approximate surface area is 132 Å². The molecule has 0 aliphatic rings. The molecular weight excluding hydrogens is 290 g/mol. The molecule has 5 unspecified atom stereocenters. The summed E-state index contributed by atoms with van der Waals surface area (Å²) in [6.07, 6.45) is -5.42. The zero-order valence-electron chi connectivity index (χ0n) is 14.1. The molecule has 0 aliphatic carbocycles. The highest BCUT2D eigenvalue weighted by atomic mass is 16.3. The molecule has 0 fully saturated rings. The predicted molar refractivity (Wildman–Crippen MR) is 84.1 cm³/mol. The van der Waals surface area contributed by atoms with Crippen LogP contribution in [-0.4, -0.2) is 80.3 Å². The Bertz CT molecular complexity index is 306. The van der Waals surface area contributed by atoms with Crippen LogP contribution in [0.3, 0.4) is 0 Å². The van der Waals surface area contributed by atoms with Crippen molar-refractivity contribution in [3.05, 3.63) is 0 Å². The molecule has 0 bridgehead atoms. The molecule has 0 radical (unpaired) electrons. The molecule has 0 rings (SSSR count). The fourth-order valence-corrected chi connectivity index (χ4v) is 3.11. The quantitative estimate of drug-likeness (QED) is 0.162. The van der Waals surface area contributed by atoms with Crippen molar-refractivity contribution in [2.24, 2.45) is 5.73 Å². The summed E-state index contributed by atoms with van der Waals surface area (Å²) in [5.41, 5.74) is 3.01. The molecule has 0 heterocycles. The summed E-state index contributed by atoms with van der Waals surface area (Å²) in [6, 6.07) is 0. The summed E-state index contributed by atoms with van der Waals surface area (Å²) < 4.78 is 0. The maximum atomic E-state index is 10.3. The summed E-state index contributed by atoms with van der Waals surface area (Å²) >= 11 is 0. The molecule has 0 aromatic rings. The highest BCUT2D eigenvalue weighted by Gasteiger charge is 2.59. The van der Waals surface area contributed by atoms with E-state index in [0.29, 0.717) is 6.54 Å². The Morgan fingerprint density at radius 1 is 0.773 bits per heavy atom. The minimum atomic E-state index is -1.69. The van der Waals surface area contributed by atoms with E-state index in [1.165, 1.54) is 27.7 Å². The predicted octanol–water partition coefficient (Wildman–Crippen LogP) is -2.54. The van der Waals surface area contributed by atoms with Gasteiger partial charge >= 0.3 is 0 Å². The Balaban J connectivity index is 5.58. The maximum absolute atomic E-state index is 10.3. The van der Waals surface area contributed by atoms with Crippen molar-refractivity contribution in [1.29, 1.82) is 0 Å². The summed E-state index contributed by atoms with van der Waals surface area (Å²) in [5, 5.41) is 55.7. The van der Waals surface area contributed by atoms with Crippen molar-refractivity contribution in [2.45, 2.75) is 76.3 Å². The Hall–Kier alpha value is -0.320. The Morgan fingerprint density at radius 2 is 1.18 bits per heavy atom. The largest absolute Gasteiger partial charge is 0.391 e. The number of hydrogen-bond donors (Lipinski definition) is 8. The van der Waals surface area contributed by atoms with Gasteiger partial charge in [-0.25, -0.2) is 0 Å². The summed E-state index contributed by atoms with van der Waals surface area (Å²) in [6.45, 7) is 7.84. The molecule has 0 amide bonds. The fourth-order valence-electron chi connectivity index (χ4n) is 3.11. The van der Waals surface area contributed by atoms with Gasteiger partial charge in [-0.05, 0) is 34.6 Å². The minimum absolute atomic E-state index is 0.249. The van der Waals surface area contributed by atoms with Crippen molar-refractivity contribution >= 4 is 0 Å². The monoisotopic (exact) mass is 323 g/mol. The number of nitrogens with two attached hydrogens (primary N) is 1. The van der Waals surface area contributed by atoms with Gasteiger partial charge in [-0.1, -0.05) is 0 Å². The molecule has 8 nitrogen and oxygen atoms in total. The first-order valence-corrected chi connectivity index (χ1v) is 7.62. The van der Waals surface area contributed by atoms with Crippen LogP contribution in [0.15, 0.2) is 0 Å². The Morgan fingerprint density at radius 3 is 1.45 bits per heavy atom. The molecule has 22 heavy (non-hydrogen) atoms. The van der Waals surface area contributed by atoms with E-state index >= 15 is 0 Å². The van der Waals surface area contributed by atoms with Gasteiger partial charge in [0.05, 0.1) is 35.5 Å². The van der Waals surface area contributed by atoms with E-state index in [-0.39, 0.29) is 6.54 Å².